The number of sulfonamides is 1. The van der Waals surface area contributed by atoms with E-state index in [0.29, 0.717) is 35.1 Å². The van der Waals surface area contributed by atoms with Gasteiger partial charge in [0.25, 0.3) is 5.91 Å². The maximum absolute atomic E-state index is 13.3. The number of nitrogens with one attached hydrogen (secondary N) is 1. The lowest BCUT2D eigenvalue weighted by molar-refractivity contribution is -0.121. The quantitative estimate of drug-likeness (QED) is 0.281. The van der Waals surface area contributed by atoms with Gasteiger partial charge in [-0.3, -0.25) is 4.79 Å². The van der Waals surface area contributed by atoms with Crippen molar-refractivity contribution in [3.05, 3.63) is 88.9 Å². The van der Waals surface area contributed by atoms with Crippen LogP contribution in [-0.4, -0.2) is 51.7 Å². The van der Waals surface area contributed by atoms with Crippen molar-refractivity contribution in [2.75, 3.05) is 26.8 Å². The summed E-state index contributed by atoms with van der Waals surface area (Å²) >= 11 is 5.91. The van der Waals surface area contributed by atoms with Crippen LogP contribution in [0.3, 0.4) is 0 Å². The highest BCUT2D eigenvalue weighted by atomic mass is 35.5. The Morgan fingerprint density at radius 3 is 2.44 bits per heavy atom. The fourth-order valence-corrected chi connectivity index (χ4v) is 4.87. The molecule has 10 heteroatoms. The molecular weight excluding hydrogens is 502 g/mol. The largest absolute Gasteiger partial charge is 0.493 e. The molecule has 0 spiro atoms. The normalized spacial score (nSPS) is 11.6. The summed E-state index contributed by atoms with van der Waals surface area (Å²) in [5.74, 6) is 0.561. The molecule has 0 aliphatic carbocycles. The minimum atomic E-state index is -3.95. The minimum absolute atomic E-state index is 0.0535. The van der Waals surface area contributed by atoms with Gasteiger partial charge in [0, 0.05) is 11.6 Å². The van der Waals surface area contributed by atoms with E-state index in [9.17, 15) is 13.2 Å². The van der Waals surface area contributed by atoms with Crippen LogP contribution in [-0.2, 0) is 21.2 Å². The first-order valence-electron chi connectivity index (χ1n) is 11.3. The van der Waals surface area contributed by atoms with Gasteiger partial charge in [0.1, 0.15) is 0 Å². The summed E-state index contributed by atoms with van der Waals surface area (Å²) in [5.41, 5.74) is 4.03. The predicted molar refractivity (Wildman–Crippen MR) is 140 cm³/mol. The first kappa shape index (κ1) is 27.2. The van der Waals surface area contributed by atoms with E-state index < -0.39 is 22.5 Å². The van der Waals surface area contributed by atoms with Crippen LogP contribution in [0.25, 0.3) is 0 Å². The SMILES string of the molecule is CCOc1ccc(/C=N\NC(=O)CN(CCc2ccccc2)S(=O)(=O)c2ccc(Cl)cc2)cc1OC. The molecule has 36 heavy (non-hydrogen) atoms. The molecule has 0 heterocycles. The Morgan fingerprint density at radius 1 is 1.06 bits per heavy atom. The molecule has 0 atom stereocenters. The van der Waals surface area contributed by atoms with Crippen molar-refractivity contribution < 1.29 is 22.7 Å². The molecule has 0 aromatic heterocycles. The molecule has 190 valence electrons. The van der Waals surface area contributed by atoms with Crippen molar-refractivity contribution in [1.82, 2.24) is 9.73 Å². The lowest BCUT2D eigenvalue weighted by Crippen LogP contribution is -2.40. The van der Waals surface area contributed by atoms with Gasteiger partial charge in [0.05, 0.1) is 31.4 Å². The van der Waals surface area contributed by atoms with Crippen LogP contribution >= 0.6 is 11.6 Å². The standard InChI is InChI=1S/C26H28ClN3O5S/c1-3-35-24-14-9-21(17-25(24)34-2)18-28-29-26(31)19-30(16-15-20-7-5-4-6-8-20)36(32,33)23-12-10-22(27)11-13-23/h4-14,17-18H,3,15-16,19H2,1-2H3,(H,29,31)/b28-18-. The van der Waals surface area contributed by atoms with Crippen molar-refractivity contribution in [3.63, 3.8) is 0 Å². The summed E-state index contributed by atoms with van der Waals surface area (Å²) in [4.78, 5) is 12.7. The highest BCUT2D eigenvalue weighted by molar-refractivity contribution is 7.89. The number of halogens is 1. The number of amides is 1. The second-order valence-electron chi connectivity index (χ2n) is 7.66. The molecule has 0 saturated heterocycles. The molecule has 0 saturated carbocycles. The number of hydrazone groups is 1. The van der Waals surface area contributed by atoms with Crippen LogP contribution in [0.15, 0.2) is 82.8 Å². The summed E-state index contributed by atoms with van der Waals surface area (Å²) < 4.78 is 38.5. The van der Waals surface area contributed by atoms with E-state index in [-0.39, 0.29) is 11.4 Å². The lowest BCUT2D eigenvalue weighted by atomic mass is 10.1. The maximum Gasteiger partial charge on any atom is 0.255 e. The van der Waals surface area contributed by atoms with Gasteiger partial charge in [-0.1, -0.05) is 41.9 Å². The van der Waals surface area contributed by atoms with Gasteiger partial charge in [-0.2, -0.15) is 9.41 Å². The number of carbonyl (C=O) groups is 1. The molecule has 0 aliphatic heterocycles. The van der Waals surface area contributed by atoms with Crippen molar-refractivity contribution in [2.24, 2.45) is 5.10 Å². The molecule has 0 unspecified atom stereocenters. The Labute approximate surface area is 216 Å². The zero-order valence-corrected chi connectivity index (χ0v) is 21.6. The van der Waals surface area contributed by atoms with Crippen LogP contribution in [0.2, 0.25) is 5.02 Å². The number of hydrogen-bond acceptors (Lipinski definition) is 6. The van der Waals surface area contributed by atoms with Crippen molar-refractivity contribution in [2.45, 2.75) is 18.2 Å². The molecule has 0 aliphatic rings. The molecule has 1 amide bonds. The van der Waals surface area contributed by atoms with Crippen molar-refractivity contribution in [1.29, 1.82) is 0 Å². The highest BCUT2D eigenvalue weighted by Gasteiger charge is 2.26. The Morgan fingerprint density at radius 2 is 1.78 bits per heavy atom. The van der Waals surface area contributed by atoms with E-state index in [2.05, 4.69) is 10.5 Å². The number of methoxy groups -OCH3 is 1. The number of carbonyl (C=O) groups excluding carboxylic acids is 1. The van der Waals surface area contributed by atoms with Gasteiger partial charge in [-0.15, -0.1) is 0 Å². The maximum atomic E-state index is 13.3. The van der Waals surface area contributed by atoms with Crippen LogP contribution in [0, 0.1) is 0 Å². The van der Waals surface area contributed by atoms with Gasteiger partial charge < -0.3 is 9.47 Å². The topological polar surface area (TPSA) is 97.3 Å². The zero-order chi connectivity index (χ0) is 26.0. The summed E-state index contributed by atoms with van der Waals surface area (Å²) in [6.07, 6.45) is 1.88. The number of ether oxygens (including phenoxy) is 2. The second-order valence-corrected chi connectivity index (χ2v) is 10.0. The Balaban J connectivity index is 1.72. The lowest BCUT2D eigenvalue weighted by Gasteiger charge is -2.21. The van der Waals surface area contributed by atoms with Crippen LogP contribution in [0.1, 0.15) is 18.1 Å². The summed E-state index contributed by atoms with van der Waals surface area (Å²) in [6, 6.07) is 20.5. The van der Waals surface area contributed by atoms with Crippen LogP contribution in [0.5, 0.6) is 11.5 Å². The first-order chi connectivity index (χ1) is 17.3. The predicted octanol–water partition coefficient (Wildman–Crippen LogP) is 4.13. The summed E-state index contributed by atoms with van der Waals surface area (Å²) in [5, 5.41) is 4.39. The fraction of sp³-hybridized carbons (Fsp3) is 0.231. The number of hydrogen-bond donors (Lipinski definition) is 1. The average molecular weight is 530 g/mol. The van der Waals surface area contributed by atoms with Gasteiger partial charge >= 0.3 is 0 Å². The number of benzene rings is 3. The summed E-state index contributed by atoms with van der Waals surface area (Å²) in [6.45, 7) is 2.09. The van der Waals surface area contributed by atoms with E-state index in [0.717, 1.165) is 9.87 Å². The molecule has 3 aromatic carbocycles. The molecule has 8 nitrogen and oxygen atoms in total. The molecule has 0 radical (unpaired) electrons. The fourth-order valence-electron chi connectivity index (χ4n) is 3.35. The zero-order valence-electron chi connectivity index (χ0n) is 20.1. The molecule has 3 aromatic rings. The van der Waals surface area contributed by atoms with E-state index in [4.69, 9.17) is 21.1 Å². The average Bonchev–Trinajstić information content (AvgIpc) is 2.88. The third-order valence-electron chi connectivity index (χ3n) is 5.15. The summed E-state index contributed by atoms with van der Waals surface area (Å²) in [7, 11) is -2.41. The first-order valence-corrected chi connectivity index (χ1v) is 13.1. The van der Waals surface area contributed by atoms with Crippen molar-refractivity contribution >= 4 is 33.7 Å². The molecular formula is C26H28ClN3O5S. The smallest absolute Gasteiger partial charge is 0.255 e. The van der Waals surface area contributed by atoms with E-state index in [1.54, 1.807) is 18.2 Å². The Kier molecular flexibility index (Phi) is 9.86. The van der Waals surface area contributed by atoms with E-state index >= 15 is 0 Å². The second kappa shape index (κ2) is 13.1. The third kappa shape index (κ3) is 7.55. The Bertz CT molecular complexity index is 1280. The molecule has 0 fully saturated rings. The third-order valence-corrected chi connectivity index (χ3v) is 7.27. The number of rotatable bonds is 12. The van der Waals surface area contributed by atoms with Gasteiger partial charge in [-0.05, 0) is 66.9 Å². The molecule has 1 N–H and O–H groups in total. The van der Waals surface area contributed by atoms with Crippen LogP contribution in [0.4, 0.5) is 0 Å². The van der Waals surface area contributed by atoms with Crippen LogP contribution < -0.4 is 14.9 Å². The monoisotopic (exact) mass is 529 g/mol. The Hall–Kier alpha value is -3.40. The van der Waals surface area contributed by atoms with E-state index in [1.807, 2.05) is 37.3 Å². The van der Waals surface area contributed by atoms with E-state index in [1.165, 1.54) is 37.6 Å². The van der Waals surface area contributed by atoms with Crippen molar-refractivity contribution in [3.8, 4) is 11.5 Å². The number of nitrogens with zero attached hydrogens (tertiary/aromatic N) is 2. The van der Waals surface area contributed by atoms with Gasteiger partial charge in [0.15, 0.2) is 11.5 Å². The minimum Gasteiger partial charge on any atom is -0.493 e. The highest BCUT2D eigenvalue weighted by Crippen LogP contribution is 2.27. The molecule has 3 rings (SSSR count). The van der Waals surface area contributed by atoms with Gasteiger partial charge in [0.2, 0.25) is 10.0 Å². The van der Waals surface area contributed by atoms with Gasteiger partial charge in [-0.25, -0.2) is 13.8 Å². The molecule has 0 bridgehead atoms.